The van der Waals surface area contributed by atoms with Crippen molar-refractivity contribution in [2.24, 2.45) is 5.41 Å². The van der Waals surface area contributed by atoms with Crippen LogP contribution in [0.15, 0.2) is 60.7 Å². The van der Waals surface area contributed by atoms with Crippen LogP contribution < -0.4 is 4.90 Å². The van der Waals surface area contributed by atoms with Gasteiger partial charge in [0.05, 0.1) is 25.7 Å². The second-order valence-electron chi connectivity index (χ2n) is 7.12. The molecule has 116 valence electrons. The van der Waals surface area contributed by atoms with Crippen LogP contribution in [0, 0.1) is 16.7 Å². The highest BCUT2D eigenvalue weighted by molar-refractivity contribution is 5.49. The minimum atomic E-state index is -0.526. The molecule has 3 aliphatic rings. The first-order valence-corrected chi connectivity index (χ1v) is 8.67. The minimum Gasteiger partial charge on any atom is -0.335 e. The lowest BCUT2D eigenvalue weighted by atomic mass is 9.51. The van der Waals surface area contributed by atoms with Gasteiger partial charge in [0, 0.05) is 24.7 Å². The van der Waals surface area contributed by atoms with Gasteiger partial charge in [-0.3, -0.25) is 0 Å². The lowest BCUT2D eigenvalue weighted by molar-refractivity contribution is -0.919. The molecule has 3 heterocycles. The Hall–Kier alpha value is -2.11. The van der Waals surface area contributed by atoms with Gasteiger partial charge in [-0.1, -0.05) is 60.7 Å². The number of hydrogen-bond donors (Lipinski definition) is 1. The van der Waals surface area contributed by atoms with Crippen molar-refractivity contribution in [3.63, 3.8) is 0 Å². The predicted molar refractivity (Wildman–Crippen MR) is 91.1 cm³/mol. The molecule has 0 saturated carbocycles. The van der Waals surface area contributed by atoms with Gasteiger partial charge in [0.2, 0.25) is 0 Å². The number of quaternary nitrogens is 1. The van der Waals surface area contributed by atoms with Gasteiger partial charge in [-0.25, -0.2) is 0 Å². The van der Waals surface area contributed by atoms with Crippen LogP contribution in [0.1, 0.15) is 30.4 Å². The van der Waals surface area contributed by atoms with E-state index >= 15 is 0 Å². The molecule has 3 saturated heterocycles. The van der Waals surface area contributed by atoms with E-state index in [1.807, 2.05) is 12.1 Å². The van der Waals surface area contributed by atoms with Gasteiger partial charge < -0.3 is 4.90 Å². The fraction of sp³-hybridized carbons (Fsp3) is 0.381. The molecular weight excluding hydrogens is 280 g/mol. The molecule has 0 aromatic heterocycles. The van der Waals surface area contributed by atoms with Crippen LogP contribution in [0.3, 0.4) is 0 Å². The second-order valence-corrected chi connectivity index (χ2v) is 7.12. The van der Waals surface area contributed by atoms with Gasteiger partial charge in [0.1, 0.15) is 5.41 Å². The van der Waals surface area contributed by atoms with Crippen molar-refractivity contribution in [1.29, 1.82) is 5.26 Å². The monoisotopic (exact) mass is 303 g/mol. The predicted octanol–water partition coefficient (Wildman–Crippen LogP) is 2.57. The Morgan fingerprint density at radius 2 is 1.22 bits per heavy atom. The maximum atomic E-state index is 10.5. The summed E-state index contributed by atoms with van der Waals surface area (Å²) in [4.78, 5) is 1.72. The molecule has 3 fully saturated rings. The maximum Gasteiger partial charge on any atom is 0.113 e. The van der Waals surface area contributed by atoms with Gasteiger partial charge in [-0.2, -0.15) is 5.26 Å². The van der Waals surface area contributed by atoms with Gasteiger partial charge in [-0.05, 0) is 11.1 Å². The van der Waals surface area contributed by atoms with E-state index in [0.717, 1.165) is 19.3 Å². The Balaban J connectivity index is 1.96. The summed E-state index contributed by atoms with van der Waals surface area (Å²) in [5, 5.41) is 10.5. The molecule has 2 bridgehead atoms. The smallest absolute Gasteiger partial charge is 0.113 e. The zero-order chi connectivity index (χ0) is 15.8. The summed E-state index contributed by atoms with van der Waals surface area (Å²) in [5.41, 5.74) is 1.88. The summed E-state index contributed by atoms with van der Waals surface area (Å²) in [5.74, 6) is 0. The first-order chi connectivity index (χ1) is 11.3. The quantitative estimate of drug-likeness (QED) is 0.927. The number of fused-ring (bicyclic) bond motifs is 3. The third-order valence-electron chi connectivity index (χ3n) is 6.25. The van der Waals surface area contributed by atoms with Crippen molar-refractivity contribution in [2.75, 3.05) is 19.6 Å². The summed E-state index contributed by atoms with van der Waals surface area (Å²) >= 11 is 0. The van der Waals surface area contributed by atoms with Crippen LogP contribution in [0.25, 0.3) is 0 Å². The minimum absolute atomic E-state index is 0.0756. The second kappa shape index (κ2) is 5.51. The van der Waals surface area contributed by atoms with Gasteiger partial charge in [-0.15, -0.1) is 0 Å². The molecule has 2 nitrogen and oxygen atoms in total. The van der Waals surface area contributed by atoms with Crippen LogP contribution in [0.4, 0.5) is 0 Å². The fourth-order valence-corrected chi connectivity index (χ4v) is 4.96. The normalized spacial score (nSPS) is 26.7. The Labute approximate surface area is 138 Å². The highest BCUT2D eigenvalue weighted by Crippen LogP contribution is 2.54. The van der Waals surface area contributed by atoms with E-state index in [2.05, 4.69) is 54.6 Å². The van der Waals surface area contributed by atoms with E-state index in [1.54, 1.807) is 4.90 Å². The third-order valence-corrected chi connectivity index (χ3v) is 6.25. The Morgan fingerprint density at radius 1 is 0.783 bits per heavy atom. The zero-order valence-electron chi connectivity index (χ0n) is 13.5. The number of benzene rings is 2. The molecule has 0 amide bonds. The van der Waals surface area contributed by atoms with Crippen molar-refractivity contribution < 1.29 is 4.90 Å². The number of nitrogens with zero attached hydrogens (tertiary/aromatic N) is 1. The molecule has 0 unspecified atom stereocenters. The molecule has 0 atom stereocenters. The molecular formula is C21H23N2+. The van der Waals surface area contributed by atoms with Gasteiger partial charge >= 0.3 is 0 Å². The van der Waals surface area contributed by atoms with E-state index in [-0.39, 0.29) is 5.41 Å². The number of piperidine rings is 3. The molecule has 1 N–H and O–H groups in total. The highest BCUT2D eigenvalue weighted by Gasteiger charge is 2.58. The Morgan fingerprint density at radius 3 is 1.61 bits per heavy atom. The zero-order valence-corrected chi connectivity index (χ0v) is 13.5. The fourth-order valence-electron chi connectivity index (χ4n) is 4.96. The standard InChI is InChI=1S/C21H22N2/c22-17-21(18-7-3-1-4-8-18,19-9-5-2-6-10-19)20-11-14-23(15-12-20)16-13-20/h1-10H,11-16H2/p+1. The summed E-state index contributed by atoms with van der Waals surface area (Å²) < 4.78 is 0. The Bertz CT molecular complexity index is 653. The lowest BCUT2D eigenvalue weighted by Gasteiger charge is -2.54. The molecule has 3 aliphatic heterocycles. The average Bonchev–Trinajstić information content (AvgIpc) is 2.66. The van der Waals surface area contributed by atoms with Crippen LogP contribution in [-0.4, -0.2) is 19.6 Å². The summed E-state index contributed by atoms with van der Waals surface area (Å²) in [6, 6.07) is 23.8. The molecule has 23 heavy (non-hydrogen) atoms. The number of nitriles is 1. The molecule has 0 aliphatic carbocycles. The molecule has 0 spiro atoms. The van der Waals surface area contributed by atoms with Crippen LogP contribution in [0.2, 0.25) is 0 Å². The average molecular weight is 303 g/mol. The van der Waals surface area contributed by atoms with Crippen molar-refractivity contribution in [3.05, 3.63) is 71.8 Å². The van der Waals surface area contributed by atoms with Crippen LogP contribution in [0.5, 0.6) is 0 Å². The first kappa shape index (κ1) is 14.5. The van der Waals surface area contributed by atoms with Crippen molar-refractivity contribution in [2.45, 2.75) is 24.7 Å². The highest BCUT2D eigenvalue weighted by atomic mass is 15.1. The number of nitrogens with one attached hydrogen (secondary N) is 1. The maximum absolute atomic E-state index is 10.5. The molecule has 2 aromatic carbocycles. The third kappa shape index (κ3) is 2.04. The molecule has 2 aromatic rings. The van der Waals surface area contributed by atoms with E-state index < -0.39 is 5.41 Å². The van der Waals surface area contributed by atoms with E-state index in [4.69, 9.17) is 0 Å². The van der Waals surface area contributed by atoms with E-state index in [0.29, 0.717) is 0 Å². The van der Waals surface area contributed by atoms with Crippen molar-refractivity contribution in [1.82, 2.24) is 0 Å². The lowest BCUT2D eigenvalue weighted by Crippen LogP contribution is -3.15. The summed E-state index contributed by atoms with van der Waals surface area (Å²) in [7, 11) is 0. The van der Waals surface area contributed by atoms with Gasteiger partial charge in [0.25, 0.3) is 0 Å². The van der Waals surface area contributed by atoms with E-state index in [1.165, 1.54) is 30.8 Å². The largest absolute Gasteiger partial charge is 0.335 e. The Kier molecular flexibility index (Phi) is 3.47. The van der Waals surface area contributed by atoms with Crippen LogP contribution in [-0.2, 0) is 5.41 Å². The summed E-state index contributed by atoms with van der Waals surface area (Å²) in [6.45, 7) is 3.63. The molecule has 5 rings (SSSR count). The van der Waals surface area contributed by atoms with Gasteiger partial charge in [0.15, 0.2) is 0 Å². The van der Waals surface area contributed by atoms with E-state index in [9.17, 15) is 5.26 Å². The number of rotatable bonds is 3. The van der Waals surface area contributed by atoms with Crippen molar-refractivity contribution in [3.8, 4) is 6.07 Å². The van der Waals surface area contributed by atoms with Crippen LogP contribution >= 0.6 is 0 Å². The SMILES string of the molecule is N#CC(c1ccccc1)(c1ccccc1)C12CC[NH+](CC1)CC2. The molecule has 2 heteroatoms. The first-order valence-electron chi connectivity index (χ1n) is 8.67. The topological polar surface area (TPSA) is 28.2 Å². The summed E-state index contributed by atoms with van der Waals surface area (Å²) in [6.07, 6.45) is 3.46. The van der Waals surface area contributed by atoms with Crippen molar-refractivity contribution >= 4 is 0 Å². The number of hydrogen-bond acceptors (Lipinski definition) is 1. The molecule has 0 radical (unpaired) electrons.